The van der Waals surface area contributed by atoms with Gasteiger partial charge in [0.25, 0.3) is 5.91 Å². The van der Waals surface area contributed by atoms with Crippen LogP contribution in [0.2, 0.25) is 0 Å². The molecule has 0 aliphatic carbocycles. The van der Waals surface area contributed by atoms with Gasteiger partial charge < -0.3 is 9.80 Å². The van der Waals surface area contributed by atoms with Crippen molar-refractivity contribution in [1.29, 1.82) is 0 Å². The molecule has 2 aliphatic rings. The van der Waals surface area contributed by atoms with E-state index in [1.54, 1.807) is 0 Å². The van der Waals surface area contributed by atoms with Crippen LogP contribution in [0.15, 0.2) is 48.5 Å². The second-order valence-corrected chi connectivity index (χ2v) is 5.51. The van der Waals surface area contributed by atoms with Gasteiger partial charge in [0.05, 0.1) is 11.3 Å². The lowest BCUT2D eigenvalue weighted by Crippen LogP contribution is -2.56. The number of nitrogens with zero attached hydrogens (tertiary/aromatic N) is 2. The average molecular weight is 264 g/mol. The van der Waals surface area contributed by atoms with Crippen LogP contribution < -0.4 is 4.90 Å². The second-order valence-electron chi connectivity index (χ2n) is 5.51. The molecular weight excluding hydrogens is 248 g/mol. The molecule has 1 amide bonds. The van der Waals surface area contributed by atoms with E-state index in [0.29, 0.717) is 0 Å². The molecule has 0 spiro atoms. The lowest BCUT2D eigenvalue weighted by molar-refractivity contribution is 0.0700. The molecule has 0 aromatic heterocycles. The molecule has 4 rings (SSSR count). The molecular formula is C17H16N2O. The number of hydrogen-bond acceptors (Lipinski definition) is 2. The third-order valence-electron chi connectivity index (χ3n) is 4.43. The van der Waals surface area contributed by atoms with Crippen LogP contribution in [0.3, 0.4) is 0 Å². The molecule has 2 aliphatic heterocycles. The Morgan fingerprint density at radius 2 is 1.70 bits per heavy atom. The zero-order chi connectivity index (χ0) is 13.7. The monoisotopic (exact) mass is 264 g/mol. The van der Waals surface area contributed by atoms with E-state index in [2.05, 4.69) is 35.2 Å². The maximum Gasteiger partial charge on any atom is 0.257 e. The van der Waals surface area contributed by atoms with E-state index in [-0.39, 0.29) is 12.1 Å². The molecule has 0 radical (unpaired) electrons. The normalized spacial score (nSPS) is 20.2. The van der Waals surface area contributed by atoms with Crippen LogP contribution in [0.1, 0.15) is 21.5 Å². The van der Waals surface area contributed by atoms with Gasteiger partial charge in [-0.3, -0.25) is 4.79 Å². The molecule has 0 unspecified atom stereocenters. The van der Waals surface area contributed by atoms with Gasteiger partial charge in [0, 0.05) is 20.0 Å². The summed E-state index contributed by atoms with van der Waals surface area (Å²) < 4.78 is 0. The highest BCUT2D eigenvalue weighted by atomic mass is 16.2. The Hall–Kier alpha value is -2.29. The zero-order valence-electron chi connectivity index (χ0n) is 11.4. The van der Waals surface area contributed by atoms with Crippen LogP contribution >= 0.6 is 0 Å². The average Bonchev–Trinajstić information content (AvgIpc) is 2.51. The van der Waals surface area contributed by atoms with Crippen LogP contribution in [-0.2, 0) is 13.0 Å². The number of amides is 1. The zero-order valence-corrected chi connectivity index (χ0v) is 11.4. The van der Waals surface area contributed by atoms with E-state index in [4.69, 9.17) is 0 Å². The number of carbonyl (C=O) groups is 1. The minimum atomic E-state index is 0.126. The van der Waals surface area contributed by atoms with E-state index in [9.17, 15) is 4.79 Å². The molecule has 20 heavy (non-hydrogen) atoms. The van der Waals surface area contributed by atoms with Gasteiger partial charge in [-0.05, 0) is 23.3 Å². The lowest BCUT2D eigenvalue weighted by Gasteiger charge is -2.47. The highest BCUT2D eigenvalue weighted by molar-refractivity contribution is 6.01. The van der Waals surface area contributed by atoms with Gasteiger partial charge in [0.15, 0.2) is 0 Å². The van der Waals surface area contributed by atoms with Crippen LogP contribution in [0.25, 0.3) is 0 Å². The summed E-state index contributed by atoms with van der Waals surface area (Å²) in [4.78, 5) is 16.7. The predicted octanol–water partition coefficient (Wildman–Crippen LogP) is 2.66. The molecule has 2 aromatic rings. The van der Waals surface area contributed by atoms with Crippen molar-refractivity contribution in [2.75, 3.05) is 11.9 Å². The number of para-hydroxylation sites is 1. The quantitative estimate of drug-likeness (QED) is 0.730. The van der Waals surface area contributed by atoms with Gasteiger partial charge >= 0.3 is 0 Å². The molecule has 2 aromatic carbocycles. The van der Waals surface area contributed by atoms with Crippen LogP contribution in [0, 0.1) is 0 Å². The fourth-order valence-corrected chi connectivity index (χ4v) is 3.33. The maximum atomic E-state index is 12.5. The second kappa shape index (κ2) is 4.10. The van der Waals surface area contributed by atoms with E-state index >= 15 is 0 Å². The van der Waals surface area contributed by atoms with E-state index in [1.807, 2.05) is 30.1 Å². The third kappa shape index (κ3) is 1.49. The van der Waals surface area contributed by atoms with Crippen molar-refractivity contribution < 1.29 is 4.79 Å². The number of fused-ring (bicyclic) bond motifs is 4. The van der Waals surface area contributed by atoms with Gasteiger partial charge in [0.2, 0.25) is 0 Å². The van der Waals surface area contributed by atoms with Crippen LogP contribution in [0.5, 0.6) is 0 Å². The molecule has 3 nitrogen and oxygen atoms in total. The van der Waals surface area contributed by atoms with E-state index < -0.39 is 0 Å². The number of carbonyl (C=O) groups excluding carboxylic acids is 1. The lowest BCUT2D eigenvalue weighted by atomic mass is 9.93. The fourth-order valence-electron chi connectivity index (χ4n) is 3.33. The number of benzene rings is 2. The molecule has 100 valence electrons. The van der Waals surface area contributed by atoms with Gasteiger partial charge in [-0.2, -0.15) is 0 Å². The van der Waals surface area contributed by atoms with Gasteiger partial charge in [-0.25, -0.2) is 0 Å². The SMILES string of the molecule is CN1C(=O)c2ccccc2N2Cc3ccccc3C[C@H]12. The van der Waals surface area contributed by atoms with Gasteiger partial charge in [0.1, 0.15) is 6.17 Å². The highest BCUT2D eigenvalue weighted by Crippen LogP contribution is 2.36. The summed E-state index contributed by atoms with van der Waals surface area (Å²) in [5.74, 6) is 0.126. The van der Waals surface area contributed by atoms with Gasteiger partial charge in [-0.1, -0.05) is 36.4 Å². The van der Waals surface area contributed by atoms with Crippen LogP contribution in [0.4, 0.5) is 5.69 Å². The number of hydrogen-bond donors (Lipinski definition) is 0. The summed E-state index contributed by atoms with van der Waals surface area (Å²) in [6, 6.07) is 16.4. The summed E-state index contributed by atoms with van der Waals surface area (Å²) in [6.07, 6.45) is 1.03. The minimum absolute atomic E-state index is 0.126. The summed E-state index contributed by atoms with van der Waals surface area (Å²) in [6.45, 7) is 0.871. The topological polar surface area (TPSA) is 23.6 Å². The molecule has 0 N–H and O–H groups in total. The Labute approximate surface area is 118 Å². The van der Waals surface area contributed by atoms with Crippen molar-refractivity contribution in [1.82, 2.24) is 4.90 Å². The van der Waals surface area contributed by atoms with Gasteiger partial charge in [-0.15, -0.1) is 0 Å². The van der Waals surface area contributed by atoms with Crippen molar-refractivity contribution in [3.8, 4) is 0 Å². The number of rotatable bonds is 0. The Morgan fingerprint density at radius 3 is 2.55 bits per heavy atom. The summed E-state index contributed by atoms with van der Waals surface area (Å²) in [5, 5.41) is 0. The van der Waals surface area contributed by atoms with E-state index in [0.717, 1.165) is 24.2 Å². The minimum Gasteiger partial charge on any atom is -0.346 e. The Balaban J connectivity index is 1.86. The first-order valence-corrected chi connectivity index (χ1v) is 6.95. The molecule has 2 heterocycles. The first-order valence-electron chi connectivity index (χ1n) is 6.95. The number of likely N-dealkylation sites (N-methyl/N-ethyl adjacent to an activating group) is 1. The largest absolute Gasteiger partial charge is 0.346 e. The Morgan fingerprint density at radius 1 is 1.00 bits per heavy atom. The molecule has 0 fully saturated rings. The third-order valence-corrected chi connectivity index (χ3v) is 4.43. The van der Waals surface area contributed by atoms with Crippen molar-refractivity contribution in [2.24, 2.45) is 0 Å². The van der Waals surface area contributed by atoms with Crippen LogP contribution in [-0.4, -0.2) is 24.0 Å². The van der Waals surface area contributed by atoms with E-state index in [1.165, 1.54) is 11.1 Å². The van der Waals surface area contributed by atoms with Crippen molar-refractivity contribution in [3.05, 3.63) is 65.2 Å². The molecule has 3 heteroatoms. The summed E-state index contributed by atoms with van der Waals surface area (Å²) in [5.41, 5.74) is 4.59. The predicted molar refractivity (Wildman–Crippen MR) is 78.7 cm³/mol. The molecule has 0 bridgehead atoms. The first kappa shape index (κ1) is 11.5. The molecule has 0 saturated heterocycles. The summed E-state index contributed by atoms with van der Waals surface area (Å²) in [7, 11) is 1.91. The fraction of sp³-hybridized carbons (Fsp3) is 0.235. The smallest absolute Gasteiger partial charge is 0.257 e. The maximum absolute atomic E-state index is 12.5. The van der Waals surface area contributed by atoms with Crippen molar-refractivity contribution in [3.63, 3.8) is 0 Å². The Kier molecular flexibility index (Phi) is 2.36. The Bertz CT molecular complexity index is 695. The molecule has 0 saturated carbocycles. The molecule has 1 atom stereocenters. The first-order chi connectivity index (χ1) is 9.75. The van der Waals surface area contributed by atoms with Crippen molar-refractivity contribution >= 4 is 11.6 Å². The van der Waals surface area contributed by atoms with Crippen molar-refractivity contribution in [2.45, 2.75) is 19.1 Å². The highest BCUT2D eigenvalue weighted by Gasteiger charge is 2.37. The number of anilines is 1. The standard InChI is InChI=1S/C17H16N2O/c1-18-16-10-12-6-2-3-7-13(12)11-19(16)15-9-5-4-8-14(15)17(18)20/h2-9,16H,10-11H2,1H3/t16-/m1/s1. The summed E-state index contributed by atoms with van der Waals surface area (Å²) >= 11 is 0.